The van der Waals surface area contributed by atoms with Crippen molar-refractivity contribution < 1.29 is 4.79 Å². The standard InChI is InChI=1S/C24H33N7OS/c1-3-11-25-22(32)29-12-14-30(15-13-29)24-28-31-21(26-19-9-4-5-10-19)20(27-23(31)33-24)18-8-6-7-17(2)16-18/h6-8,16,19,26H,3-5,9-15H2,1-2H3,(H,25,32). The predicted molar refractivity (Wildman–Crippen MR) is 134 cm³/mol. The highest BCUT2D eigenvalue weighted by atomic mass is 32.1. The van der Waals surface area contributed by atoms with Crippen LogP contribution in [0, 0.1) is 6.92 Å². The first-order chi connectivity index (χ1) is 16.1. The van der Waals surface area contributed by atoms with Gasteiger partial charge in [0.2, 0.25) is 10.1 Å². The Kier molecular flexibility index (Phi) is 6.39. The minimum atomic E-state index is 0.0382. The van der Waals surface area contributed by atoms with E-state index in [-0.39, 0.29) is 6.03 Å². The monoisotopic (exact) mass is 467 g/mol. The van der Waals surface area contributed by atoms with Gasteiger partial charge in [0.05, 0.1) is 0 Å². The fourth-order valence-electron chi connectivity index (χ4n) is 4.70. The van der Waals surface area contributed by atoms with E-state index in [1.807, 2.05) is 9.42 Å². The molecule has 0 bridgehead atoms. The van der Waals surface area contributed by atoms with Crippen molar-refractivity contribution in [3.05, 3.63) is 29.8 Å². The van der Waals surface area contributed by atoms with E-state index in [1.165, 1.54) is 31.2 Å². The number of aromatic nitrogens is 3. The van der Waals surface area contributed by atoms with Gasteiger partial charge in [-0.15, -0.1) is 5.10 Å². The second-order valence-corrected chi connectivity index (χ2v) is 10.0. The summed E-state index contributed by atoms with van der Waals surface area (Å²) >= 11 is 1.63. The van der Waals surface area contributed by atoms with Crippen molar-refractivity contribution in [2.75, 3.05) is 42.9 Å². The third-order valence-electron chi connectivity index (χ3n) is 6.54. The molecule has 1 aromatic carbocycles. The van der Waals surface area contributed by atoms with Gasteiger partial charge in [0.15, 0.2) is 5.82 Å². The predicted octanol–water partition coefficient (Wildman–Crippen LogP) is 4.36. The summed E-state index contributed by atoms with van der Waals surface area (Å²) in [5.74, 6) is 1.00. The first kappa shape index (κ1) is 22.0. The van der Waals surface area contributed by atoms with Crippen LogP contribution in [0.2, 0.25) is 0 Å². The van der Waals surface area contributed by atoms with E-state index in [4.69, 9.17) is 10.1 Å². The molecule has 0 atom stereocenters. The van der Waals surface area contributed by atoms with Gasteiger partial charge in [0.25, 0.3) is 0 Å². The van der Waals surface area contributed by atoms with Crippen LogP contribution in [0.4, 0.5) is 15.7 Å². The lowest BCUT2D eigenvalue weighted by Crippen LogP contribution is -2.52. The van der Waals surface area contributed by atoms with Crippen LogP contribution in [0.25, 0.3) is 16.2 Å². The van der Waals surface area contributed by atoms with E-state index in [0.717, 1.165) is 53.2 Å². The van der Waals surface area contributed by atoms with Crippen LogP contribution < -0.4 is 15.5 Å². The van der Waals surface area contributed by atoms with Gasteiger partial charge in [-0.1, -0.05) is 54.9 Å². The summed E-state index contributed by atoms with van der Waals surface area (Å²) in [6, 6.07) is 9.04. The SMILES string of the molecule is CCCNC(=O)N1CCN(c2nn3c(NC4CCCC4)c(-c4cccc(C)c4)nc3s2)CC1. The molecule has 0 radical (unpaired) electrons. The Balaban J connectivity index is 1.39. The van der Waals surface area contributed by atoms with Crippen molar-refractivity contribution in [2.24, 2.45) is 0 Å². The Bertz CT molecular complexity index is 1110. The second-order valence-electron chi connectivity index (χ2n) is 9.09. The molecule has 5 rings (SSSR count). The number of fused-ring (bicyclic) bond motifs is 1. The fourth-order valence-corrected chi connectivity index (χ4v) is 5.65. The number of piperazine rings is 1. The lowest BCUT2D eigenvalue weighted by Gasteiger charge is -2.34. The van der Waals surface area contributed by atoms with E-state index >= 15 is 0 Å². The lowest BCUT2D eigenvalue weighted by atomic mass is 10.1. The molecular formula is C24H33N7OS. The molecule has 1 aliphatic heterocycles. The van der Waals surface area contributed by atoms with Crippen LogP contribution in [0.5, 0.6) is 0 Å². The van der Waals surface area contributed by atoms with Gasteiger partial charge in [0.1, 0.15) is 5.69 Å². The van der Waals surface area contributed by atoms with E-state index in [9.17, 15) is 4.79 Å². The third-order valence-corrected chi connectivity index (χ3v) is 7.51. The minimum Gasteiger partial charge on any atom is -0.365 e. The van der Waals surface area contributed by atoms with Crippen LogP contribution in [0.15, 0.2) is 24.3 Å². The highest BCUT2D eigenvalue weighted by Gasteiger charge is 2.26. The van der Waals surface area contributed by atoms with Gasteiger partial charge >= 0.3 is 6.03 Å². The molecule has 9 heteroatoms. The Morgan fingerprint density at radius 2 is 1.97 bits per heavy atom. The number of benzene rings is 1. The molecule has 3 heterocycles. The molecule has 0 spiro atoms. The largest absolute Gasteiger partial charge is 0.365 e. The average molecular weight is 468 g/mol. The molecule has 2 aromatic heterocycles. The Labute approximate surface area is 199 Å². The van der Waals surface area contributed by atoms with Crippen molar-refractivity contribution in [1.82, 2.24) is 24.8 Å². The number of hydrogen-bond acceptors (Lipinski definition) is 6. The average Bonchev–Trinajstić information content (AvgIpc) is 3.56. The van der Waals surface area contributed by atoms with Gasteiger partial charge in [-0.3, -0.25) is 0 Å². The van der Waals surface area contributed by atoms with Crippen molar-refractivity contribution in [3.8, 4) is 11.3 Å². The van der Waals surface area contributed by atoms with Gasteiger partial charge in [-0.25, -0.2) is 9.78 Å². The van der Waals surface area contributed by atoms with Crippen molar-refractivity contribution >= 4 is 33.3 Å². The molecule has 2 fully saturated rings. The van der Waals surface area contributed by atoms with E-state index in [2.05, 4.69) is 53.6 Å². The number of amides is 2. The number of urea groups is 1. The molecule has 2 aliphatic rings. The number of carbonyl (C=O) groups excluding carboxylic acids is 1. The summed E-state index contributed by atoms with van der Waals surface area (Å²) in [4.78, 5) is 22.4. The summed E-state index contributed by atoms with van der Waals surface area (Å²) in [6.07, 6.45) is 5.89. The zero-order valence-electron chi connectivity index (χ0n) is 19.5. The summed E-state index contributed by atoms with van der Waals surface area (Å²) in [5, 5.41) is 12.7. The number of carbonyl (C=O) groups is 1. The number of imidazole rings is 1. The summed E-state index contributed by atoms with van der Waals surface area (Å²) in [5.41, 5.74) is 3.33. The second kappa shape index (κ2) is 9.59. The minimum absolute atomic E-state index is 0.0382. The maximum absolute atomic E-state index is 12.3. The Hall–Kier alpha value is -2.81. The zero-order valence-corrected chi connectivity index (χ0v) is 20.3. The van der Waals surface area contributed by atoms with Crippen LogP contribution >= 0.6 is 11.3 Å². The third kappa shape index (κ3) is 4.64. The highest BCUT2D eigenvalue weighted by Crippen LogP contribution is 2.35. The van der Waals surface area contributed by atoms with Crippen LogP contribution in [0.1, 0.15) is 44.6 Å². The van der Waals surface area contributed by atoms with Gasteiger partial charge in [0, 0.05) is 44.3 Å². The molecule has 2 N–H and O–H groups in total. The van der Waals surface area contributed by atoms with Gasteiger partial charge in [-0.2, -0.15) is 4.52 Å². The summed E-state index contributed by atoms with van der Waals surface area (Å²) < 4.78 is 2.00. The lowest BCUT2D eigenvalue weighted by molar-refractivity contribution is 0.194. The normalized spacial score (nSPS) is 17.2. The van der Waals surface area contributed by atoms with Gasteiger partial charge < -0.3 is 20.4 Å². The van der Waals surface area contributed by atoms with Crippen molar-refractivity contribution in [1.29, 1.82) is 0 Å². The zero-order chi connectivity index (χ0) is 22.8. The topological polar surface area (TPSA) is 77.8 Å². The number of rotatable bonds is 6. The summed E-state index contributed by atoms with van der Waals surface area (Å²) in [6.45, 7) is 7.89. The number of nitrogens with zero attached hydrogens (tertiary/aromatic N) is 5. The molecule has 3 aromatic rings. The maximum atomic E-state index is 12.3. The number of anilines is 2. The molecule has 1 saturated carbocycles. The number of hydrogen-bond donors (Lipinski definition) is 2. The maximum Gasteiger partial charge on any atom is 0.317 e. The molecular weight excluding hydrogens is 434 g/mol. The molecule has 0 unspecified atom stereocenters. The van der Waals surface area contributed by atoms with Crippen LogP contribution in [-0.4, -0.2) is 64.3 Å². The van der Waals surface area contributed by atoms with E-state index < -0.39 is 0 Å². The quantitative estimate of drug-likeness (QED) is 0.563. The van der Waals surface area contributed by atoms with E-state index in [0.29, 0.717) is 19.1 Å². The molecule has 176 valence electrons. The van der Waals surface area contributed by atoms with E-state index in [1.54, 1.807) is 11.3 Å². The van der Waals surface area contributed by atoms with Crippen molar-refractivity contribution in [3.63, 3.8) is 0 Å². The number of aryl methyl sites for hydroxylation is 1. The molecule has 1 saturated heterocycles. The van der Waals surface area contributed by atoms with Crippen LogP contribution in [0.3, 0.4) is 0 Å². The Morgan fingerprint density at radius 3 is 2.70 bits per heavy atom. The molecule has 1 aliphatic carbocycles. The first-order valence-corrected chi connectivity index (χ1v) is 12.9. The molecule has 2 amide bonds. The Morgan fingerprint density at radius 1 is 1.18 bits per heavy atom. The molecule has 33 heavy (non-hydrogen) atoms. The first-order valence-electron chi connectivity index (χ1n) is 12.1. The van der Waals surface area contributed by atoms with Crippen LogP contribution in [-0.2, 0) is 0 Å². The smallest absolute Gasteiger partial charge is 0.317 e. The molecule has 8 nitrogen and oxygen atoms in total. The highest BCUT2D eigenvalue weighted by molar-refractivity contribution is 7.20. The number of nitrogens with one attached hydrogen (secondary N) is 2. The summed E-state index contributed by atoms with van der Waals surface area (Å²) in [7, 11) is 0. The van der Waals surface area contributed by atoms with Crippen molar-refractivity contribution in [2.45, 2.75) is 52.0 Å². The fraction of sp³-hybridized carbons (Fsp3) is 0.542. The van der Waals surface area contributed by atoms with Gasteiger partial charge in [-0.05, 0) is 32.3 Å².